The first-order valence-electron chi connectivity index (χ1n) is 11.5. The topological polar surface area (TPSA) is 94.6 Å². The number of hydrogen-bond donors (Lipinski definition) is 0. The molecule has 0 aliphatic carbocycles. The SMILES string of the molecule is COC(=O)[C@H](Cc1ccc(OC)c(N(C(=O)OCc2ccccc2)C(F)(F)F)c1)N(C)C(=O)OC(C)(C)C. The fourth-order valence-electron chi connectivity index (χ4n) is 3.36. The van der Waals surface area contributed by atoms with Crippen LogP contribution in [-0.4, -0.2) is 62.3 Å². The maximum Gasteiger partial charge on any atom is 0.494 e. The van der Waals surface area contributed by atoms with Gasteiger partial charge in [0.25, 0.3) is 0 Å². The van der Waals surface area contributed by atoms with Gasteiger partial charge in [-0.1, -0.05) is 36.4 Å². The third-order valence-corrected chi connectivity index (χ3v) is 5.18. The first kappa shape index (κ1) is 30.3. The van der Waals surface area contributed by atoms with Crippen molar-refractivity contribution in [3.05, 3.63) is 59.7 Å². The van der Waals surface area contributed by atoms with Crippen molar-refractivity contribution in [2.45, 2.75) is 51.7 Å². The van der Waals surface area contributed by atoms with Gasteiger partial charge in [-0.15, -0.1) is 13.2 Å². The molecule has 12 heteroatoms. The van der Waals surface area contributed by atoms with Gasteiger partial charge in [0.05, 0.1) is 19.9 Å². The summed E-state index contributed by atoms with van der Waals surface area (Å²) in [4.78, 5) is 38.2. The highest BCUT2D eigenvalue weighted by molar-refractivity contribution is 5.90. The monoisotopic (exact) mass is 540 g/mol. The number of alkyl halides is 3. The van der Waals surface area contributed by atoms with E-state index in [1.807, 2.05) is 0 Å². The van der Waals surface area contributed by atoms with Crippen LogP contribution in [0.15, 0.2) is 48.5 Å². The van der Waals surface area contributed by atoms with Gasteiger partial charge >= 0.3 is 24.5 Å². The Bertz CT molecular complexity index is 1120. The molecule has 0 unspecified atom stereocenters. The van der Waals surface area contributed by atoms with Crippen LogP contribution in [0.25, 0.3) is 0 Å². The van der Waals surface area contributed by atoms with Crippen molar-refractivity contribution in [2.24, 2.45) is 0 Å². The number of likely N-dealkylation sites (N-methyl/N-ethyl adjacent to an activating group) is 1. The van der Waals surface area contributed by atoms with E-state index >= 15 is 0 Å². The van der Waals surface area contributed by atoms with E-state index in [0.717, 1.165) is 25.2 Å². The summed E-state index contributed by atoms with van der Waals surface area (Å²) in [5.41, 5.74) is -0.835. The highest BCUT2D eigenvalue weighted by Gasteiger charge is 2.45. The summed E-state index contributed by atoms with van der Waals surface area (Å²) in [7, 11) is 3.57. The van der Waals surface area contributed by atoms with E-state index < -0.39 is 46.7 Å². The third kappa shape index (κ3) is 8.29. The number of carbonyl (C=O) groups excluding carboxylic acids is 3. The van der Waals surface area contributed by atoms with Gasteiger partial charge in [-0.2, -0.15) is 4.90 Å². The van der Waals surface area contributed by atoms with Gasteiger partial charge in [-0.05, 0) is 44.0 Å². The number of amides is 2. The van der Waals surface area contributed by atoms with E-state index in [1.165, 1.54) is 19.2 Å². The molecule has 0 heterocycles. The summed E-state index contributed by atoms with van der Waals surface area (Å²) in [6, 6.07) is 10.6. The molecule has 0 fully saturated rings. The Morgan fingerprint density at radius 2 is 1.55 bits per heavy atom. The van der Waals surface area contributed by atoms with Gasteiger partial charge in [0, 0.05) is 13.5 Å². The van der Waals surface area contributed by atoms with Crippen LogP contribution >= 0.6 is 0 Å². The standard InChI is InChI=1S/C26H31F3N2O7/c1-25(2,3)38-23(33)30(4)20(22(32)36-6)15-18-12-13-21(35-5)19(14-18)31(26(27,28)29)24(34)37-16-17-10-8-7-9-11-17/h7-14,20H,15-16H2,1-6H3/t20-/m0/s1. The molecular weight excluding hydrogens is 509 g/mol. The minimum absolute atomic E-state index is 0.178. The number of hydrogen-bond acceptors (Lipinski definition) is 7. The number of methoxy groups -OCH3 is 2. The molecule has 0 aromatic heterocycles. The summed E-state index contributed by atoms with van der Waals surface area (Å²) >= 11 is 0. The number of esters is 1. The Labute approximate surface area is 219 Å². The molecule has 2 aromatic carbocycles. The highest BCUT2D eigenvalue weighted by atomic mass is 19.4. The molecule has 9 nitrogen and oxygen atoms in total. The summed E-state index contributed by atoms with van der Waals surface area (Å²) < 4.78 is 62.4. The molecule has 0 spiro atoms. The fourth-order valence-corrected chi connectivity index (χ4v) is 3.36. The van der Waals surface area contributed by atoms with Crippen molar-refractivity contribution in [3.63, 3.8) is 0 Å². The average Bonchev–Trinajstić information content (AvgIpc) is 2.84. The number of carbonyl (C=O) groups is 3. The normalized spacial score (nSPS) is 12.2. The summed E-state index contributed by atoms with van der Waals surface area (Å²) in [5.74, 6) is -1.08. The van der Waals surface area contributed by atoms with Crippen LogP contribution in [0.4, 0.5) is 28.4 Å². The van der Waals surface area contributed by atoms with E-state index in [-0.39, 0.29) is 24.3 Å². The van der Waals surface area contributed by atoms with Crippen LogP contribution in [0.3, 0.4) is 0 Å². The average molecular weight is 541 g/mol. The van der Waals surface area contributed by atoms with Crippen LogP contribution in [0, 0.1) is 0 Å². The van der Waals surface area contributed by atoms with Crippen molar-refractivity contribution in [2.75, 3.05) is 26.2 Å². The van der Waals surface area contributed by atoms with Gasteiger partial charge in [0.2, 0.25) is 0 Å². The summed E-state index contributed by atoms with van der Waals surface area (Å²) in [6.45, 7) is 4.54. The number of benzene rings is 2. The second kappa shape index (κ2) is 12.5. The number of halogens is 3. The van der Waals surface area contributed by atoms with Crippen LogP contribution in [-0.2, 0) is 32.0 Å². The smallest absolute Gasteiger partial charge is 0.494 e. The maximum atomic E-state index is 14.1. The quantitative estimate of drug-likeness (QED) is 0.255. The zero-order valence-electron chi connectivity index (χ0n) is 22.0. The Hall–Kier alpha value is -3.96. The number of anilines is 1. The number of rotatable bonds is 8. The molecule has 38 heavy (non-hydrogen) atoms. The van der Waals surface area contributed by atoms with E-state index in [9.17, 15) is 27.6 Å². The molecule has 2 amide bonds. The lowest BCUT2D eigenvalue weighted by atomic mass is 10.0. The van der Waals surface area contributed by atoms with E-state index in [2.05, 4.69) is 0 Å². The third-order valence-electron chi connectivity index (χ3n) is 5.18. The molecule has 0 aliphatic rings. The molecule has 208 valence electrons. The largest absolute Gasteiger partial charge is 0.495 e. The lowest BCUT2D eigenvalue weighted by Gasteiger charge is -2.30. The minimum Gasteiger partial charge on any atom is -0.495 e. The lowest BCUT2D eigenvalue weighted by molar-refractivity contribution is -0.146. The predicted octanol–water partition coefficient (Wildman–Crippen LogP) is 5.31. The molecule has 0 radical (unpaired) electrons. The maximum absolute atomic E-state index is 14.1. The molecule has 0 aliphatic heterocycles. The summed E-state index contributed by atoms with van der Waals surface area (Å²) in [5, 5.41) is 0. The van der Waals surface area contributed by atoms with Crippen molar-refractivity contribution >= 4 is 23.8 Å². The Kier molecular flexibility index (Phi) is 9.97. The fraction of sp³-hybridized carbons (Fsp3) is 0.423. The summed E-state index contributed by atoms with van der Waals surface area (Å²) in [6.07, 6.45) is -7.92. The van der Waals surface area contributed by atoms with Crippen molar-refractivity contribution < 1.29 is 46.5 Å². The van der Waals surface area contributed by atoms with Gasteiger partial charge < -0.3 is 18.9 Å². The second-order valence-corrected chi connectivity index (χ2v) is 9.18. The van der Waals surface area contributed by atoms with Crippen molar-refractivity contribution in [3.8, 4) is 5.75 Å². The lowest BCUT2D eigenvalue weighted by Crippen LogP contribution is -2.46. The molecule has 2 aromatic rings. The predicted molar refractivity (Wildman–Crippen MR) is 132 cm³/mol. The zero-order valence-corrected chi connectivity index (χ0v) is 22.0. The zero-order chi connectivity index (χ0) is 28.7. The van der Waals surface area contributed by atoms with Gasteiger partial charge in [-0.25, -0.2) is 14.4 Å². The first-order chi connectivity index (χ1) is 17.7. The number of nitrogens with zero attached hydrogens (tertiary/aromatic N) is 2. The van der Waals surface area contributed by atoms with Crippen molar-refractivity contribution in [1.29, 1.82) is 0 Å². The van der Waals surface area contributed by atoms with Gasteiger partial charge in [0.15, 0.2) is 0 Å². The van der Waals surface area contributed by atoms with E-state index in [4.69, 9.17) is 18.9 Å². The second-order valence-electron chi connectivity index (χ2n) is 9.18. The van der Waals surface area contributed by atoms with Gasteiger partial charge in [0.1, 0.15) is 24.0 Å². The van der Waals surface area contributed by atoms with Crippen LogP contribution in [0.1, 0.15) is 31.9 Å². The molecule has 0 saturated carbocycles. The van der Waals surface area contributed by atoms with E-state index in [1.54, 1.807) is 51.1 Å². The Balaban J connectivity index is 2.41. The highest BCUT2D eigenvalue weighted by Crippen LogP contribution is 2.37. The minimum atomic E-state index is -5.17. The molecule has 0 bridgehead atoms. The van der Waals surface area contributed by atoms with E-state index in [0.29, 0.717) is 5.56 Å². The number of ether oxygens (including phenoxy) is 4. The molecule has 0 saturated heterocycles. The van der Waals surface area contributed by atoms with Crippen LogP contribution in [0.2, 0.25) is 0 Å². The molecule has 1 atom stereocenters. The Morgan fingerprint density at radius 3 is 2.08 bits per heavy atom. The molecule has 0 N–H and O–H groups in total. The van der Waals surface area contributed by atoms with Crippen LogP contribution < -0.4 is 9.64 Å². The Morgan fingerprint density at radius 1 is 0.921 bits per heavy atom. The molecular formula is C26H31F3N2O7. The molecule has 2 rings (SSSR count). The first-order valence-corrected chi connectivity index (χ1v) is 11.5. The van der Waals surface area contributed by atoms with Crippen LogP contribution in [0.5, 0.6) is 5.75 Å². The van der Waals surface area contributed by atoms with Crippen molar-refractivity contribution in [1.82, 2.24) is 4.90 Å². The van der Waals surface area contributed by atoms with Gasteiger partial charge in [-0.3, -0.25) is 4.90 Å².